The lowest BCUT2D eigenvalue weighted by Gasteiger charge is -2.23. The number of benzene rings is 4. The molecule has 0 unspecified atom stereocenters. The van der Waals surface area contributed by atoms with Crippen LogP contribution in [0.2, 0.25) is 60.8 Å². The van der Waals surface area contributed by atoms with Crippen LogP contribution in [0.15, 0.2) is 76.3 Å². The Labute approximate surface area is 585 Å². The van der Waals surface area contributed by atoms with Gasteiger partial charge < -0.3 is 36.5 Å². The molecule has 7 aromatic rings. The lowest BCUT2D eigenvalue weighted by atomic mass is 9.97. The molecule has 4 aromatic carbocycles. The molecule has 5 heterocycles. The third-order valence-corrected chi connectivity index (χ3v) is 15.4. The Bertz CT molecular complexity index is 4080. The molecule has 2 aliphatic rings. The van der Waals surface area contributed by atoms with Crippen molar-refractivity contribution in [1.29, 1.82) is 5.26 Å². The Morgan fingerprint density at radius 2 is 0.978 bits per heavy atom. The summed E-state index contributed by atoms with van der Waals surface area (Å²) in [7, 11) is 0. The largest absolute Gasteiger partial charge is 0.505 e. The minimum Gasteiger partial charge on any atom is -0.505 e. The van der Waals surface area contributed by atoms with Crippen molar-refractivity contribution in [2.24, 2.45) is 16.0 Å². The Hall–Kier alpha value is -6.56. The number of nitrogen functional groups attached to an aromatic ring is 3. The standard InChI is InChI=1S/C19H13Cl2FN4O4.C13H11Cl3FN3O.C13H12Cl3N3O.C7H8Cl2N2.C6H5Cl2NO/c1-8(2)9-3-15(24-7-14(9)28)30-19-10(20)4-12(18(22)17(19)21)26-16(29)5-13(27)11(6-23)25-26;1-5(2)6-3-9(19-20-13(6)16)21-12-7(14)4-8(18)11(17)10(12)15;1-6(2)8-5-11(18-19-13(8)16)20-12-9(14)3-7(17)4-10(12)15;1-4(2)5-3-6(8)10-11-7(5)9;7-4-1-3(9)2-5(8)6(4)10/h3-4,8H,5,7H2,1-2H3;3-5H,18H2,1-2H3;3-6H,17H2,1-2H3;3-4H,1-2H3;1-2,10H,9H2. The van der Waals surface area contributed by atoms with Gasteiger partial charge in [-0.25, -0.2) is 13.8 Å². The number of ketones is 2. The van der Waals surface area contributed by atoms with Gasteiger partial charge in [0.05, 0.1) is 42.2 Å². The van der Waals surface area contributed by atoms with Crippen molar-refractivity contribution in [1.82, 2.24) is 30.6 Å². The molecule has 0 saturated carbocycles. The van der Waals surface area contributed by atoms with Crippen LogP contribution in [0, 0.1) is 28.9 Å². The van der Waals surface area contributed by atoms with Crippen LogP contribution in [0.1, 0.15) is 96.3 Å². The van der Waals surface area contributed by atoms with E-state index in [-0.39, 0.29) is 107 Å². The quantitative estimate of drug-likeness (QED) is 0.0428. The highest BCUT2D eigenvalue weighted by Gasteiger charge is 2.33. The Balaban J connectivity index is 0.000000220. The Kier molecular flexibility index (Phi) is 28.2. The summed E-state index contributed by atoms with van der Waals surface area (Å²) in [5, 5.41) is 46.1. The van der Waals surface area contributed by atoms with Gasteiger partial charge in [-0.05, 0) is 82.8 Å². The average molecular weight is 1500 g/mol. The van der Waals surface area contributed by atoms with Crippen molar-refractivity contribution in [3.8, 4) is 40.8 Å². The summed E-state index contributed by atoms with van der Waals surface area (Å²) in [6.07, 6.45) is 0.783. The highest BCUT2D eigenvalue weighted by atomic mass is 35.5. The number of aromatic hydroxyl groups is 1. The van der Waals surface area contributed by atoms with Crippen LogP contribution in [-0.2, 0) is 14.4 Å². The van der Waals surface area contributed by atoms with Gasteiger partial charge in [0.2, 0.25) is 29.2 Å². The molecule has 0 radical (unpaired) electrons. The van der Waals surface area contributed by atoms with E-state index in [4.69, 9.17) is 181 Å². The number of hydrogen-bond donors (Lipinski definition) is 4. The Morgan fingerprint density at radius 1 is 0.543 bits per heavy atom. The number of anilines is 4. The molecule has 1 amide bonds. The number of hydrazone groups is 1. The zero-order valence-corrected chi connectivity index (χ0v) is 58.0. The molecule has 486 valence electrons. The lowest BCUT2D eigenvalue weighted by molar-refractivity contribution is -0.124. The van der Waals surface area contributed by atoms with Crippen molar-refractivity contribution in [2.45, 2.75) is 79.6 Å². The van der Waals surface area contributed by atoms with Crippen LogP contribution in [0.4, 0.5) is 31.5 Å². The lowest BCUT2D eigenvalue weighted by Crippen LogP contribution is -2.37. The number of aliphatic imine (C=N–C) groups is 1. The number of ether oxygens (including phenoxy) is 3. The van der Waals surface area contributed by atoms with Gasteiger partial charge >= 0.3 is 0 Å². The number of aromatic nitrogens is 6. The smallest absolute Gasteiger partial charge is 0.255 e. The number of carbonyl (C=O) groups is 3. The monoisotopic (exact) mass is 1500 g/mol. The summed E-state index contributed by atoms with van der Waals surface area (Å²) in [6, 6.07) is 14.8. The molecule has 20 nitrogen and oxygen atoms in total. The first-order chi connectivity index (χ1) is 43.0. The zero-order valence-electron chi connectivity index (χ0n) is 48.9. The predicted molar refractivity (Wildman–Crippen MR) is 360 cm³/mol. The number of phenolic OH excluding ortho intramolecular Hbond substituents is 1. The first-order valence-electron chi connectivity index (χ1n) is 26.3. The van der Waals surface area contributed by atoms with Gasteiger partial charge in [0, 0.05) is 35.2 Å². The summed E-state index contributed by atoms with van der Waals surface area (Å²) in [6.45, 7) is 15.5. The second-order valence-electron chi connectivity index (χ2n) is 20.1. The first-order valence-corrected chi connectivity index (χ1v) is 30.8. The highest BCUT2D eigenvalue weighted by molar-refractivity contribution is 6.50. The van der Waals surface area contributed by atoms with Crippen molar-refractivity contribution in [3.63, 3.8) is 0 Å². The molecule has 34 heteroatoms. The van der Waals surface area contributed by atoms with E-state index in [0.717, 1.165) is 22.8 Å². The molecule has 0 saturated heterocycles. The summed E-state index contributed by atoms with van der Waals surface area (Å²) >= 11 is 70.5. The van der Waals surface area contributed by atoms with Gasteiger partial charge in [-0.3, -0.25) is 14.4 Å². The summed E-state index contributed by atoms with van der Waals surface area (Å²) in [5.41, 5.74) is 19.1. The van der Waals surface area contributed by atoms with Crippen LogP contribution in [0.5, 0.6) is 34.8 Å². The number of halogens is 14. The van der Waals surface area contributed by atoms with Crippen molar-refractivity contribution >= 4 is 191 Å². The topological polar surface area (TPSA) is 306 Å². The number of nitrogens with zero attached hydrogens (tertiary/aromatic N) is 10. The van der Waals surface area contributed by atoms with E-state index in [0.29, 0.717) is 53.4 Å². The van der Waals surface area contributed by atoms with Crippen molar-refractivity contribution in [2.75, 3.05) is 28.8 Å². The molecule has 0 bridgehead atoms. The minimum atomic E-state index is -1.10. The number of phenols is 1. The van der Waals surface area contributed by atoms with E-state index >= 15 is 0 Å². The van der Waals surface area contributed by atoms with Gasteiger partial charge in [-0.2, -0.15) is 10.3 Å². The number of carbonyl (C=O) groups excluding carboxylic acids is 3. The maximum atomic E-state index is 14.9. The van der Waals surface area contributed by atoms with Gasteiger partial charge in [-0.15, -0.1) is 35.7 Å². The molecule has 2 aliphatic heterocycles. The van der Waals surface area contributed by atoms with Crippen LogP contribution in [-0.4, -0.2) is 71.3 Å². The molecule has 92 heavy (non-hydrogen) atoms. The number of amides is 1. The molecule has 0 atom stereocenters. The number of Topliss-reactive ketones (excluding diaryl/α,β-unsaturated/α-hetero) is 2. The summed E-state index contributed by atoms with van der Waals surface area (Å²) < 4.78 is 45.2. The Morgan fingerprint density at radius 3 is 1.46 bits per heavy atom. The molecule has 0 fully saturated rings. The van der Waals surface area contributed by atoms with Gasteiger partial charge in [0.15, 0.2) is 61.0 Å². The van der Waals surface area contributed by atoms with Crippen molar-refractivity contribution in [3.05, 3.63) is 155 Å². The summed E-state index contributed by atoms with van der Waals surface area (Å²) in [4.78, 5) is 39.6. The van der Waals surface area contributed by atoms with Crippen LogP contribution >= 0.6 is 139 Å². The van der Waals surface area contributed by atoms with E-state index in [2.05, 4.69) is 40.7 Å². The average Bonchev–Trinajstić information content (AvgIpc) is 0.803. The number of nitrogens with two attached hydrogens (primary N) is 3. The fraction of sp³-hybridized carbons (Fsp3) is 0.241. The second kappa shape index (κ2) is 34.0. The number of dihydropyridines is 1. The molecular weight excluding hydrogens is 1450 g/mol. The zero-order chi connectivity index (χ0) is 68.9. The third kappa shape index (κ3) is 20.2. The van der Waals surface area contributed by atoms with Gasteiger partial charge in [-0.1, -0.05) is 195 Å². The van der Waals surface area contributed by atoms with Crippen molar-refractivity contribution < 1.29 is 42.5 Å². The van der Waals surface area contributed by atoms with Crippen LogP contribution in [0.25, 0.3) is 0 Å². The van der Waals surface area contributed by atoms with Gasteiger partial charge in [0.1, 0.15) is 28.3 Å². The number of hydrogen-bond acceptors (Lipinski definition) is 19. The fourth-order valence-electron chi connectivity index (χ4n) is 7.34. The van der Waals surface area contributed by atoms with E-state index in [1.54, 1.807) is 36.4 Å². The van der Waals surface area contributed by atoms with E-state index in [9.17, 15) is 23.2 Å². The minimum absolute atomic E-state index is 0.0266. The molecule has 0 aliphatic carbocycles. The first kappa shape index (κ1) is 76.2. The molecule has 3 aromatic heterocycles. The normalized spacial score (nSPS) is 12.7. The van der Waals surface area contributed by atoms with Crippen LogP contribution in [0.3, 0.4) is 0 Å². The SMILES string of the molecule is CC(C)C1=CC(Oc2c(Cl)cc(N3N=C(C#N)C(=O)CC3=O)c(F)c2Cl)=NCC1=O.CC(C)c1cc(Cl)nnc1Cl.CC(C)c1cc(Oc2c(Cl)cc(N)c(F)c2Cl)nnc1Cl.CC(C)c1cc(Oc2c(Cl)cc(N)cc2Cl)nnc1Cl.Nc1cc(Cl)c(O)c(Cl)c1. The molecular formula is C58H49Cl12F2N13O7. The summed E-state index contributed by atoms with van der Waals surface area (Å²) in [5.74, 6) is -2.88. The number of nitriles is 1. The maximum absolute atomic E-state index is 14.9. The molecule has 9 rings (SSSR count). The van der Waals surface area contributed by atoms with E-state index < -0.39 is 46.2 Å². The van der Waals surface area contributed by atoms with Crippen LogP contribution < -0.4 is 36.4 Å². The second-order valence-corrected chi connectivity index (χ2v) is 24.8. The fourth-order valence-corrected chi connectivity index (χ4v) is 10.6. The highest BCUT2D eigenvalue weighted by Crippen LogP contribution is 2.44. The number of rotatable bonds is 10. The van der Waals surface area contributed by atoms with E-state index in [1.807, 2.05) is 55.4 Å². The van der Waals surface area contributed by atoms with E-state index in [1.165, 1.54) is 24.3 Å². The maximum Gasteiger partial charge on any atom is 0.255 e. The third-order valence-electron chi connectivity index (χ3n) is 12.0. The molecule has 7 N–H and O–H groups in total. The predicted octanol–water partition coefficient (Wildman–Crippen LogP) is 18.5. The molecule has 0 spiro atoms. The van der Waals surface area contributed by atoms with Gasteiger partial charge in [0.25, 0.3) is 5.91 Å².